The summed E-state index contributed by atoms with van der Waals surface area (Å²) < 4.78 is 0. The lowest BCUT2D eigenvalue weighted by atomic mass is 9.99. The Labute approximate surface area is 105 Å². The van der Waals surface area contributed by atoms with Crippen molar-refractivity contribution in [2.24, 2.45) is 0 Å². The van der Waals surface area contributed by atoms with Gasteiger partial charge in [0.2, 0.25) is 0 Å². The van der Waals surface area contributed by atoms with E-state index >= 15 is 0 Å². The molecule has 18 heavy (non-hydrogen) atoms. The number of nitrogen functional groups attached to an aromatic ring is 1. The number of anilines is 1. The highest BCUT2D eigenvalue weighted by Gasteiger charge is 2.08. The number of nitrogens with two attached hydrogens (primary N) is 1. The van der Waals surface area contributed by atoms with Crippen LogP contribution < -0.4 is 5.73 Å². The summed E-state index contributed by atoms with van der Waals surface area (Å²) in [7, 11) is 0. The van der Waals surface area contributed by atoms with Gasteiger partial charge in [0, 0.05) is 29.5 Å². The maximum Gasteiger partial charge on any atom is 0.131 e. The van der Waals surface area contributed by atoms with Gasteiger partial charge in [-0.25, -0.2) is 4.98 Å². The third-order valence-corrected chi connectivity index (χ3v) is 3.03. The maximum absolute atomic E-state index is 5.98. The number of hydrogen-bond donors (Lipinski definition) is 1. The van der Waals surface area contributed by atoms with Crippen molar-refractivity contribution in [2.45, 2.75) is 6.92 Å². The summed E-state index contributed by atoms with van der Waals surface area (Å²) in [6, 6.07) is 10.2. The van der Waals surface area contributed by atoms with Crippen LogP contribution in [0.3, 0.4) is 0 Å². The molecule has 0 bridgehead atoms. The number of fused-ring (bicyclic) bond motifs is 1. The number of aryl methyl sites for hydroxylation is 1. The predicted molar refractivity (Wildman–Crippen MR) is 74.1 cm³/mol. The molecule has 0 saturated heterocycles. The quantitative estimate of drug-likeness (QED) is 0.704. The van der Waals surface area contributed by atoms with Gasteiger partial charge in [-0.3, -0.25) is 4.98 Å². The Morgan fingerprint density at radius 3 is 2.83 bits per heavy atom. The normalized spacial score (nSPS) is 10.7. The van der Waals surface area contributed by atoms with Crippen LogP contribution in [-0.2, 0) is 0 Å². The highest BCUT2D eigenvalue weighted by Crippen LogP contribution is 2.31. The molecule has 0 aliphatic carbocycles. The zero-order valence-corrected chi connectivity index (χ0v) is 10.1. The van der Waals surface area contributed by atoms with Crippen LogP contribution in [0.1, 0.15) is 5.56 Å². The van der Waals surface area contributed by atoms with E-state index in [1.54, 1.807) is 12.4 Å². The molecule has 3 rings (SSSR count). The van der Waals surface area contributed by atoms with E-state index in [1.165, 1.54) is 0 Å². The van der Waals surface area contributed by atoms with E-state index in [4.69, 9.17) is 5.73 Å². The topological polar surface area (TPSA) is 51.8 Å². The molecule has 0 radical (unpaired) electrons. The molecule has 3 heteroatoms. The Bertz CT molecular complexity index is 715. The second-order valence-corrected chi connectivity index (χ2v) is 4.35. The molecule has 0 fully saturated rings. The zero-order valence-electron chi connectivity index (χ0n) is 10.1. The molecule has 0 unspecified atom stereocenters. The predicted octanol–water partition coefficient (Wildman–Crippen LogP) is 3.19. The van der Waals surface area contributed by atoms with Crippen LogP contribution in [0.4, 0.5) is 5.82 Å². The molecule has 2 heterocycles. The first-order valence-corrected chi connectivity index (χ1v) is 5.81. The van der Waals surface area contributed by atoms with Gasteiger partial charge in [0.05, 0.1) is 0 Å². The Morgan fingerprint density at radius 2 is 1.94 bits per heavy atom. The molecule has 2 aromatic heterocycles. The molecule has 88 valence electrons. The van der Waals surface area contributed by atoms with Crippen molar-refractivity contribution in [3.8, 4) is 11.1 Å². The van der Waals surface area contributed by atoms with E-state index in [2.05, 4.69) is 28.2 Å². The van der Waals surface area contributed by atoms with Gasteiger partial charge in [-0.15, -0.1) is 0 Å². The summed E-state index contributed by atoms with van der Waals surface area (Å²) in [6.45, 7) is 2.01. The minimum Gasteiger partial charge on any atom is -0.383 e. The molecule has 0 saturated carbocycles. The molecule has 2 N–H and O–H groups in total. The van der Waals surface area contributed by atoms with Crippen molar-refractivity contribution in [3.05, 3.63) is 54.5 Å². The fourth-order valence-corrected chi connectivity index (χ4v) is 2.14. The first-order chi connectivity index (χ1) is 8.75. The van der Waals surface area contributed by atoms with E-state index in [9.17, 15) is 0 Å². The van der Waals surface area contributed by atoms with Gasteiger partial charge in [-0.2, -0.15) is 0 Å². The zero-order chi connectivity index (χ0) is 12.5. The van der Waals surface area contributed by atoms with E-state index in [0.29, 0.717) is 5.82 Å². The van der Waals surface area contributed by atoms with Crippen LogP contribution in [0, 0.1) is 6.92 Å². The van der Waals surface area contributed by atoms with Crippen molar-refractivity contribution in [2.75, 3.05) is 5.73 Å². The van der Waals surface area contributed by atoms with E-state index < -0.39 is 0 Å². The SMILES string of the molecule is Cc1cnc(N)c(-c2cccc3ccncc23)c1. The minimum absolute atomic E-state index is 0.553. The van der Waals surface area contributed by atoms with Crippen LogP contribution in [0.2, 0.25) is 0 Å². The van der Waals surface area contributed by atoms with E-state index in [1.807, 2.05) is 25.3 Å². The molecule has 0 amide bonds. The molecular weight excluding hydrogens is 222 g/mol. The number of benzene rings is 1. The monoisotopic (exact) mass is 235 g/mol. The lowest BCUT2D eigenvalue weighted by Crippen LogP contribution is -1.95. The van der Waals surface area contributed by atoms with Gasteiger partial charge in [0.25, 0.3) is 0 Å². The largest absolute Gasteiger partial charge is 0.383 e. The van der Waals surface area contributed by atoms with Crippen LogP contribution >= 0.6 is 0 Å². The highest BCUT2D eigenvalue weighted by atomic mass is 14.8. The summed E-state index contributed by atoms with van der Waals surface area (Å²) in [5, 5.41) is 2.25. The summed E-state index contributed by atoms with van der Waals surface area (Å²) in [4.78, 5) is 8.41. The summed E-state index contributed by atoms with van der Waals surface area (Å²) in [5.74, 6) is 0.553. The van der Waals surface area contributed by atoms with Crippen molar-refractivity contribution in [1.29, 1.82) is 0 Å². The van der Waals surface area contributed by atoms with E-state index in [0.717, 1.165) is 27.5 Å². The second-order valence-electron chi connectivity index (χ2n) is 4.35. The molecule has 3 nitrogen and oxygen atoms in total. The van der Waals surface area contributed by atoms with Crippen LogP contribution in [0.15, 0.2) is 48.9 Å². The van der Waals surface area contributed by atoms with Crippen molar-refractivity contribution >= 4 is 16.6 Å². The fraction of sp³-hybridized carbons (Fsp3) is 0.0667. The first kappa shape index (κ1) is 10.7. The van der Waals surface area contributed by atoms with Gasteiger partial charge < -0.3 is 5.73 Å². The first-order valence-electron chi connectivity index (χ1n) is 5.81. The van der Waals surface area contributed by atoms with Crippen LogP contribution in [0.5, 0.6) is 0 Å². The number of hydrogen-bond acceptors (Lipinski definition) is 3. The maximum atomic E-state index is 5.98. The molecule has 0 aliphatic heterocycles. The Morgan fingerprint density at radius 1 is 1.06 bits per heavy atom. The van der Waals surface area contributed by atoms with Gasteiger partial charge >= 0.3 is 0 Å². The average molecular weight is 235 g/mol. The average Bonchev–Trinajstić information content (AvgIpc) is 2.41. The third-order valence-electron chi connectivity index (χ3n) is 3.03. The summed E-state index contributed by atoms with van der Waals surface area (Å²) >= 11 is 0. The highest BCUT2D eigenvalue weighted by molar-refractivity contribution is 5.98. The molecule has 0 aliphatic rings. The smallest absolute Gasteiger partial charge is 0.131 e. The molecule has 0 spiro atoms. The number of pyridine rings is 2. The van der Waals surface area contributed by atoms with Crippen molar-refractivity contribution in [3.63, 3.8) is 0 Å². The van der Waals surface area contributed by atoms with Crippen molar-refractivity contribution in [1.82, 2.24) is 9.97 Å². The van der Waals surface area contributed by atoms with Gasteiger partial charge in [0.1, 0.15) is 5.82 Å². The van der Waals surface area contributed by atoms with Gasteiger partial charge in [-0.05, 0) is 35.6 Å². The molecule has 1 aromatic carbocycles. The lowest BCUT2D eigenvalue weighted by molar-refractivity contribution is 1.28. The Hall–Kier alpha value is -2.42. The number of rotatable bonds is 1. The number of nitrogens with zero attached hydrogens (tertiary/aromatic N) is 2. The number of aromatic nitrogens is 2. The minimum atomic E-state index is 0.553. The van der Waals surface area contributed by atoms with Crippen LogP contribution in [0.25, 0.3) is 21.9 Å². The third kappa shape index (κ3) is 1.70. The Kier molecular flexibility index (Phi) is 2.45. The standard InChI is InChI=1S/C15H13N3/c1-10-7-13(15(16)18-8-10)12-4-2-3-11-5-6-17-9-14(11)12/h2-9H,1H3,(H2,16,18). The summed E-state index contributed by atoms with van der Waals surface area (Å²) in [6.07, 6.45) is 5.44. The van der Waals surface area contributed by atoms with Gasteiger partial charge in [-0.1, -0.05) is 18.2 Å². The Balaban J connectivity index is 2.35. The van der Waals surface area contributed by atoms with Crippen LogP contribution in [-0.4, -0.2) is 9.97 Å². The summed E-state index contributed by atoms with van der Waals surface area (Å²) in [5.41, 5.74) is 9.12. The van der Waals surface area contributed by atoms with Gasteiger partial charge in [0.15, 0.2) is 0 Å². The lowest BCUT2D eigenvalue weighted by Gasteiger charge is -2.09. The molecule has 3 aromatic rings. The molecule has 0 atom stereocenters. The molecular formula is C15H13N3. The van der Waals surface area contributed by atoms with Crippen molar-refractivity contribution < 1.29 is 0 Å². The fourth-order valence-electron chi connectivity index (χ4n) is 2.14. The second kappa shape index (κ2) is 4.11. The van der Waals surface area contributed by atoms with E-state index in [-0.39, 0.29) is 0 Å².